The van der Waals surface area contributed by atoms with Gasteiger partial charge in [-0.15, -0.1) is 0 Å². The Balaban J connectivity index is 2.00. The molecule has 1 N–H and O–H groups in total. The number of nitrogens with zero attached hydrogens (tertiary/aromatic N) is 1. The highest BCUT2D eigenvalue weighted by Gasteiger charge is 2.36. The summed E-state index contributed by atoms with van der Waals surface area (Å²) in [6.45, 7) is 0.721. The zero-order valence-electron chi connectivity index (χ0n) is 10.9. The Bertz CT molecular complexity index is 402. The fourth-order valence-corrected chi connectivity index (χ4v) is 3.89. The molecule has 104 valence electrons. The van der Waals surface area contributed by atoms with Crippen molar-refractivity contribution in [3.63, 3.8) is 0 Å². The molecule has 0 aromatic heterocycles. The van der Waals surface area contributed by atoms with Crippen LogP contribution >= 0.6 is 0 Å². The molecular weight excluding hydrogens is 252 g/mol. The number of hydrogen-bond acceptors (Lipinski definition) is 3. The van der Waals surface area contributed by atoms with Crippen LogP contribution in [0.25, 0.3) is 0 Å². The van der Waals surface area contributed by atoms with E-state index >= 15 is 0 Å². The lowest BCUT2D eigenvalue weighted by molar-refractivity contribution is -0.130. The van der Waals surface area contributed by atoms with Crippen molar-refractivity contribution in [2.24, 2.45) is 5.92 Å². The highest BCUT2D eigenvalue weighted by Crippen LogP contribution is 2.35. The molecule has 1 heterocycles. The van der Waals surface area contributed by atoms with Crippen molar-refractivity contribution < 1.29 is 13.2 Å². The van der Waals surface area contributed by atoms with Crippen LogP contribution in [0.15, 0.2) is 0 Å². The number of likely N-dealkylation sites (tertiary alicyclic amines) is 1. The summed E-state index contributed by atoms with van der Waals surface area (Å²) in [5, 5.41) is 0. The Morgan fingerprint density at radius 3 is 2.50 bits per heavy atom. The maximum absolute atomic E-state index is 12.1. The number of carbonyl (C=O) groups is 1. The van der Waals surface area contributed by atoms with Crippen molar-refractivity contribution in [3.8, 4) is 0 Å². The molecule has 6 heteroatoms. The second kappa shape index (κ2) is 5.57. The molecule has 0 radical (unpaired) electrons. The minimum absolute atomic E-state index is 0.237. The maximum Gasteiger partial charge on any atom is 0.239 e. The summed E-state index contributed by atoms with van der Waals surface area (Å²) in [5.74, 6) is -0.0558. The average molecular weight is 274 g/mol. The minimum Gasteiger partial charge on any atom is -0.339 e. The lowest BCUT2D eigenvalue weighted by atomic mass is 9.96. The Hall–Kier alpha value is -0.620. The standard InChI is InChI=1S/C12H22N2O3S/c1-13-18(16,17)9-12(15)14-8-4-7-11(14)10-5-2-3-6-10/h10-11,13H,2-9H2,1H3. The van der Waals surface area contributed by atoms with Gasteiger partial charge in [0.1, 0.15) is 5.75 Å². The third-order valence-corrected chi connectivity index (χ3v) is 5.44. The van der Waals surface area contributed by atoms with Crippen LogP contribution in [-0.4, -0.2) is 44.6 Å². The molecule has 0 aromatic rings. The zero-order chi connectivity index (χ0) is 13.2. The molecule has 0 bridgehead atoms. The van der Waals surface area contributed by atoms with Gasteiger partial charge in [0.05, 0.1) is 0 Å². The molecule has 1 saturated carbocycles. The normalized spacial score (nSPS) is 25.8. The summed E-state index contributed by atoms with van der Waals surface area (Å²) < 4.78 is 25.1. The summed E-state index contributed by atoms with van der Waals surface area (Å²) in [7, 11) is -2.10. The molecule has 18 heavy (non-hydrogen) atoms. The van der Waals surface area contributed by atoms with Crippen molar-refractivity contribution in [1.82, 2.24) is 9.62 Å². The summed E-state index contributed by atoms with van der Waals surface area (Å²) in [6, 6.07) is 0.284. The first-order valence-corrected chi connectivity index (χ1v) is 8.39. The minimum atomic E-state index is -3.44. The summed E-state index contributed by atoms with van der Waals surface area (Å²) in [4.78, 5) is 13.9. The van der Waals surface area contributed by atoms with E-state index in [1.165, 1.54) is 32.7 Å². The topological polar surface area (TPSA) is 66.5 Å². The van der Waals surface area contributed by atoms with E-state index in [1.54, 1.807) is 0 Å². The predicted molar refractivity (Wildman–Crippen MR) is 69.5 cm³/mol. The third kappa shape index (κ3) is 3.03. The number of nitrogens with one attached hydrogen (secondary N) is 1. The lowest BCUT2D eigenvalue weighted by Crippen LogP contribution is -2.43. The Morgan fingerprint density at radius 1 is 1.22 bits per heavy atom. The van der Waals surface area contributed by atoms with Crippen LogP contribution in [0.3, 0.4) is 0 Å². The monoisotopic (exact) mass is 274 g/mol. The smallest absolute Gasteiger partial charge is 0.239 e. The average Bonchev–Trinajstić information content (AvgIpc) is 2.98. The van der Waals surface area contributed by atoms with Crippen molar-refractivity contribution in [2.75, 3.05) is 19.3 Å². The first kappa shape index (κ1) is 13.8. The van der Waals surface area contributed by atoms with Gasteiger partial charge >= 0.3 is 0 Å². The number of rotatable bonds is 4. The van der Waals surface area contributed by atoms with Crippen LogP contribution in [-0.2, 0) is 14.8 Å². The summed E-state index contributed by atoms with van der Waals surface area (Å²) in [5.41, 5.74) is 0. The fraction of sp³-hybridized carbons (Fsp3) is 0.917. The lowest BCUT2D eigenvalue weighted by Gasteiger charge is -2.29. The van der Waals surface area contributed by atoms with Crippen LogP contribution in [0.4, 0.5) is 0 Å². The zero-order valence-corrected chi connectivity index (χ0v) is 11.7. The molecule has 2 aliphatic rings. The van der Waals surface area contributed by atoms with Crippen molar-refractivity contribution in [1.29, 1.82) is 0 Å². The highest BCUT2D eigenvalue weighted by molar-refractivity contribution is 7.90. The maximum atomic E-state index is 12.1. The first-order valence-electron chi connectivity index (χ1n) is 6.74. The molecule has 1 aliphatic carbocycles. The molecular formula is C12H22N2O3S. The van der Waals surface area contributed by atoms with Gasteiger partial charge in [0, 0.05) is 12.6 Å². The van der Waals surface area contributed by atoms with Gasteiger partial charge in [0.15, 0.2) is 0 Å². The number of sulfonamides is 1. The van der Waals surface area contributed by atoms with Gasteiger partial charge in [0.25, 0.3) is 0 Å². The second-order valence-corrected chi connectivity index (χ2v) is 7.23. The molecule has 1 aliphatic heterocycles. The molecule has 0 aromatic carbocycles. The van der Waals surface area contributed by atoms with Crippen LogP contribution in [0, 0.1) is 5.92 Å². The van der Waals surface area contributed by atoms with Crippen molar-refractivity contribution in [2.45, 2.75) is 44.6 Å². The number of carbonyl (C=O) groups excluding carboxylic acids is 1. The van der Waals surface area contributed by atoms with Gasteiger partial charge in [0.2, 0.25) is 15.9 Å². The van der Waals surface area contributed by atoms with E-state index in [-0.39, 0.29) is 11.9 Å². The van der Waals surface area contributed by atoms with E-state index in [0.717, 1.165) is 19.4 Å². The second-order valence-electron chi connectivity index (χ2n) is 5.30. The molecule has 2 fully saturated rings. The van der Waals surface area contributed by atoms with E-state index < -0.39 is 15.8 Å². The SMILES string of the molecule is CNS(=O)(=O)CC(=O)N1CCCC1C1CCCC1. The number of hydrogen-bond donors (Lipinski definition) is 1. The molecule has 1 atom stereocenters. The van der Waals surface area contributed by atoms with Gasteiger partial charge in [-0.1, -0.05) is 12.8 Å². The molecule has 1 saturated heterocycles. The van der Waals surface area contributed by atoms with Crippen LogP contribution in [0.5, 0.6) is 0 Å². The highest BCUT2D eigenvalue weighted by atomic mass is 32.2. The van der Waals surface area contributed by atoms with Crippen LogP contribution in [0.1, 0.15) is 38.5 Å². The Kier molecular flexibility index (Phi) is 4.27. The Morgan fingerprint density at radius 2 is 1.89 bits per heavy atom. The van der Waals surface area contributed by atoms with E-state index in [0.29, 0.717) is 5.92 Å². The molecule has 0 spiro atoms. The molecule has 1 unspecified atom stereocenters. The van der Waals surface area contributed by atoms with Gasteiger partial charge in [-0.25, -0.2) is 13.1 Å². The quantitative estimate of drug-likeness (QED) is 0.821. The van der Waals surface area contributed by atoms with E-state index in [1.807, 2.05) is 4.90 Å². The first-order chi connectivity index (χ1) is 8.53. The van der Waals surface area contributed by atoms with Gasteiger partial charge in [-0.2, -0.15) is 0 Å². The predicted octanol–water partition coefficient (Wildman–Crippen LogP) is 0.717. The largest absolute Gasteiger partial charge is 0.339 e. The van der Waals surface area contributed by atoms with Gasteiger partial charge in [-0.3, -0.25) is 4.79 Å². The van der Waals surface area contributed by atoms with E-state index in [2.05, 4.69) is 4.72 Å². The van der Waals surface area contributed by atoms with Crippen LogP contribution in [0.2, 0.25) is 0 Å². The van der Waals surface area contributed by atoms with E-state index in [9.17, 15) is 13.2 Å². The molecule has 2 rings (SSSR count). The fourth-order valence-electron chi connectivity index (χ4n) is 3.25. The van der Waals surface area contributed by atoms with E-state index in [4.69, 9.17) is 0 Å². The summed E-state index contributed by atoms with van der Waals surface area (Å²) >= 11 is 0. The third-order valence-electron chi connectivity index (χ3n) is 4.19. The van der Waals surface area contributed by atoms with Gasteiger partial charge < -0.3 is 4.90 Å². The number of amides is 1. The Labute approximate surface area is 109 Å². The van der Waals surface area contributed by atoms with Crippen LogP contribution < -0.4 is 4.72 Å². The molecule has 5 nitrogen and oxygen atoms in total. The van der Waals surface area contributed by atoms with Crippen molar-refractivity contribution in [3.05, 3.63) is 0 Å². The molecule has 1 amide bonds. The van der Waals surface area contributed by atoms with Gasteiger partial charge in [-0.05, 0) is 38.6 Å². The van der Waals surface area contributed by atoms with Crippen molar-refractivity contribution >= 4 is 15.9 Å². The summed E-state index contributed by atoms with van der Waals surface area (Å²) in [6.07, 6.45) is 6.92.